The SMILES string of the molecule is CC1(O)CC2=C3C(=C4C=CCCC41)CN1CC=CC=C1C3CCC2. The first-order valence-corrected chi connectivity index (χ1v) is 9.61. The molecule has 0 bridgehead atoms. The first kappa shape index (κ1) is 14.8. The van der Waals surface area contributed by atoms with Crippen LogP contribution in [0.1, 0.15) is 45.4 Å². The standard InChI is InChI=1S/C22H27NO/c1-22(24)13-15-7-6-9-17-20-11-4-5-12-23(20)14-18(21(15)17)16-8-2-3-10-19(16)22/h2,4-5,8,11,17,19,24H,3,6-7,9-10,12-14H2,1H3. The highest BCUT2D eigenvalue weighted by atomic mass is 16.3. The number of aliphatic hydroxyl groups is 1. The molecule has 0 aromatic carbocycles. The summed E-state index contributed by atoms with van der Waals surface area (Å²) in [6.45, 7) is 4.14. The summed E-state index contributed by atoms with van der Waals surface area (Å²) in [6, 6.07) is 0. The van der Waals surface area contributed by atoms with Crippen molar-refractivity contribution in [3.63, 3.8) is 0 Å². The van der Waals surface area contributed by atoms with E-state index in [2.05, 4.69) is 42.2 Å². The van der Waals surface area contributed by atoms with Crippen molar-refractivity contribution >= 4 is 0 Å². The van der Waals surface area contributed by atoms with E-state index in [0.29, 0.717) is 11.8 Å². The maximum absolute atomic E-state index is 11.3. The first-order chi connectivity index (χ1) is 11.6. The molecule has 2 aliphatic heterocycles. The van der Waals surface area contributed by atoms with Gasteiger partial charge in [-0.3, -0.25) is 0 Å². The van der Waals surface area contributed by atoms with Crippen molar-refractivity contribution in [3.8, 4) is 0 Å². The number of hydrogen-bond acceptors (Lipinski definition) is 2. The average molecular weight is 321 g/mol. The van der Waals surface area contributed by atoms with Gasteiger partial charge in [0.25, 0.3) is 0 Å². The molecule has 1 N–H and O–H groups in total. The largest absolute Gasteiger partial charge is 0.389 e. The molecule has 0 spiro atoms. The lowest BCUT2D eigenvalue weighted by atomic mass is 9.72. The van der Waals surface area contributed by atoms with Crippen molar-refractivity contribution in [1.82, 2.24) is 4.90 Å². The van der Waals surface area contributed by atoms with Gasteiger partial charge >= 0.3 is 0 Å². The van der Waals surface area contributed by atoms with Crippen LogP contribution in [0.3, 0.4) is 0 Å². The van der Waals surface area contributed by atoms with Crippen LogP contribution in [0.25, 0.3) is 0 Å². The summed E-state index contributed by atoms with van der Waals surface area (Å²) < 4.78 is 0. The third kappa shape index (κ3) is 2.05. The smallest absolute Gasteiger partial charge is 0.0725 e. The summed E-state index contributed by atoms with van der Waals surface area (Å²) >= 11 is 0. The zero-order chi connectivity index (χ0) is 16.3. The molecule has 3 atom stereocenters. The molecule has 24 heavy (non-hydrogen) atoms. The molecule has 5 aliphatic rings. The predicted molar refractivity (Wildman–Crippen MR) is 97.3 cm³/mol. The minimum absolute atomic E-state index is 0.301. The molecule has 3 unspecified atom stereocenters. The summed E-state index contributed by atoms with van der Waals surface area (Å²) in [5.74, 6) is 0.856. The Morgan fingerprint density at radius 3 is 3.08 bits per heavy atom. The van der Waals surface area contributed by atoms with E-state index < -0.39 is 5.60 Å². The monoisotopic (exact) mass is 321 g/mol. The zero-order valence-electron chi connectivity index (χ0n) is 14.6. The summed E-state index contributed by atoms with van der Waals surface area (Å²) in [6.07, 6.45) is 18.3. The molecular formula is C22H27NO. The van der Waals surface area contributed by atoms with Gasteiger partial charge in [-0.1, -0.05) is 29.9 Å². The van der Waals surface area contributed by atoms with Crippen LogP contribution >= 0.6 is 0 Å². The number of hydrogen-bond donors (Lipinski definition) is 1. The van der Waals surface area contributed by atoms with E-state index in [1.807, 2.05) is 0 Å². The van der Waals surface area contributed by atoms with Crippen molar-refractivity contribution < 1.29 is 5.11 Å². The van der Waals surface area contributed by atoms with Crippen LogP contribution in [0.5, 0.6) is 0 Å². The molecule has 126 valence electrons. The fourth-order valence-electron chi connectivity index (χ4n) is 5.79. The number of rotatable bonds is 0. The number of piperidine rings is 1. The molecule has 2 nitrogen and oxygen atoms in total. The maximum atomic E-state index is 11.3. The Balaban J connectivity index is 1.75. The Morgan fingerprint density at radius 1 is 1.25 bits per heavy atom. The van der Waals surface area contributed by atoms with Gasteiger partial charge in [0.1, 0.15) is 0 Å². The third-order valence-electron chi connectivity index (χ3n) is 6.79. The lowest BCUT2D eigenvalue weighted by molar-refractivity contribution is 0.0110. The molecule has 2 heteroatoms. The van der Waals surface area contributed by atoms with E-state index in [0.717, 1.165) is 32.4 Å². The van der Waals surface area contributed by atoms with Gasteiger partial charge in [-0.05, 0) is 68.2 Å². The summed E-state index contributed by atoms with van der Waals surface area (Å²) in [5, 5.41) is 11.3. The van der Waals surface area contributed by atoms with Crippen LogP contribution in [0.15, 0.2) is 58.4 Å². The lowest BCUT2D eigenvalue weighted by Crippen LogP contribution is -2.39. The van der Waals surface area contributed by atoms with Crippen LogP contribution in [-0.4, -0.2) is 28.7 Å². The Hall–Kier alpha value is -1.54. The Morgan fingerprint density at radius 2 is 2.17 bits per heavy atom. The molecule has 0 amide bonds. The maximum Gasteiger partial charge on any atom is 0.0725 e. The summed E-state index contributed by atoms with van der Waals surface area (Å²) in [4.78, 5) is 2.57. The molecule has 1 saturated heterocycles. The van der Waals surface area contributed by atoms with Gasteiger partial charge in [0.15, 0.2) is 0 Å². The van der Waals surface area contributed by atoms with E-state index in [1.54, 1.807) is 16.7 Å². The van der Waals surface area contributed by atoms with Crippen molar-refractivity contribution in [2.24, 2.45) is 11.8 Å². The highest BCUT2D eigenvalue weighted by Crippen LogP contribution is 2.52. The van der Waals surface area contributed by atoms with Gasteiger partial charge in [-0.15, -0.1) is 0 Å². The quantitative estimate of drug-likeness (QED) is 0.720. The number of fused-ring (bicyclic) bond motifs is 3. The molecule has 3 aliphatic carbocycles. The van der Waals surface area contributed by atoms with Gasteiger partial charge in [-0.2, -0.15) is 0 Å². The van der Waals surface area contributed by atoms with Crippen LogP contribution < -0.4 is 0 Å². The second kappa shape index (κ2) is 5.23. The first-order valence-electron chi connectivity index (χ1n) is 9.61. The van der Waals surface area contributed by atoms with E-state index in [1.165, 1.54) is 30.5 Å². The molecule has 0 radical (unpaired) electrons. The molecule has 1 fully saturated rings. The average Bonchev–Trinajstić information content (AvgIpc) is 2.69. The highest BCUT2D eigenvalue weighted by Gasteiger charge is 2.45. The van der Waals surface area contributed by atoms with Crippen molar-refractivity contribution in [3.05, 3.63) is 58.4 Å². The molecule has 0 aromatic rings. The van der Waals surface area contributed by atoms with E-state index >= 15 is 0 Å². The van der Waals surface area contributed by atoms with Crippen LogP contribution in [0.2, 0.25) is 0 Å². The van der Waals surface area contributed by atoms with Gasteiger partial charge in [0, 0.05) is 30.6 Å². The van der Waals surface area contributed by atoms with Crippen molar-refractivity contribution in [2.45, 2.75) is 51.0 Å². The Kier molecular flexibility index (Phi) is 3.22. The lowest BCUT2D eigenvalue weighted by Gasteiger charge is -2.44. The van der Waals surface area contributed by atoms with E-state index in [-0.39, 0.29) is 0 Å². The van der Waals surface area contributed by atoms with Crippen molar-refractivity contribution in [2.75, 3.05) is 13.1 Å². The minimum atomic E-state index is -0.595. The normalized spacial score (nSPS) is 37.6. The van der Waals surface area contributed by atoms with Gasteiger partial charge in [0.2, 0.25) is 0 Å². The zero-order valence-corrected chi connectivity index (χ0v) is 14.6. The van der Waals surface area contributed by atoms with Gasteiger partial charge < -0.3 is 10.0 Å². The number of nitrogens with zero attached hydrogens (tertiary/aromatic N) is 1. The third-order valence-corrected chi connectivity index (χ3v) is 6.79. The fraction of sp³-hybridized carbons (Fsp3) is 0.545. The minimum Gasteiger partial charge on any atom is -0.389 e. The number of allylic oxidation sites excluding steroid dienone is 5. The van der Waals surface area contributed by atoms with Crippen LogP contribution in [0.4, 0.5) is 0 Å². The molecule has 0 saturated carbocycles. The molecule has 5 rings (SSSR count). The Bertz CT molecular complexity index is 731. The predicted octanol–water partition coefficient (Wildman–Crippen LogP) is 4.27. The fourth-order valence-corrected chi connectivity index (χ4v) is 5.79. The van der Waals surface area contributed by atoms with E-state index in [4.69, 9.17) is 0 Å². The molecule has 0 aromatic heterocycles. The Labute approximate surface area is 144 Å². The second-order valence-electron chi connectivity index (χ2n) is 8.36. The molecule has 2 heterocycles. The summed E-state index contributed by atoms with van der Waals surface area (Å²) in [7, 11) is 0. The summed E-state index contributed by atoms with van der Waals surface area (Å²) in [5.41, 5.74) is 7.09. The molecular weight excluding hydrogens is 294 g/mol. The second-order valence-corrected chi connectivity index (χ2v) is 8.36. The van der Waals surface area contributed by atoms with Gasteiger partial charge in [-0.25, -0.2) is 0 Å². The van der Waals surface area contributed by atoms with E-state index in [9.17, 15) is 5.11 Å². The van der Waals surface area contributed by atoms with Crippen molar-refractivity contribution in [1.29, 1.82) is 0 Å². The highest BCUT2D eigenvalue weighted by molar-refractivity contribution is 5.55. The van der Waals surface area contributed by atoms with Gasteiger partial charge in [0.05, 0.1) is 5.60 Å². The van der Waals surface area contributed by atoms with Crippen LogP contribution in [0, 0.1) is 11.8 Å². The topological polar surface area (TPSA) is 23.5 Å². The van der Waals surface area contributed by atoms with Crippen LogP contribution in [-0.2, 0) is 0 Å².